The Morgan fingerprint density at radius 2 is 1.54 bits per heavy atom. The van der Waals surface area contributed by atoms with Crippen molar-refractivity contribution in [2.24, 2.45) is 5.16 Å². The topological polar surface area (TPSA) is 97.2 Å². The monoisotopic (exact) mass is 550 g/mol. The molecule has 210 valence electrons. The van der Waals surface area contributed by atoms with E-state index in [1.807, 2.05) is 54.6 Å². The van der Waals surface area contributed by atoms with Crippen LogP contribution in [-0.2, 0) is 10.3 Å². The lowest BCUT2D eigenvalue weighted by Crippen LogP contribution is -2.15. The van der Waals surface area contributed by atoms with Gasteiger partial charge in [-0.3, -0.25) is 4.79 Å². The molecule has 2 N–H and O–H groups in total. The lowest BCUT2D eigenvalue weighted by atomic mass is 9.87. The summed E-state index contributed by atoms with van der Waals surface area (Å²) in [7, 11) is 0. The third kappa shape index (κ3) is 8.29. The highest BCUT2D eigenvalue weighted by Crippen LogP contribution is 2.25. The van der Waals surface area contributed by atoms with E-state index in [2.05, 4.69) is 43.4 Å². The number of amides is 1. The van der Waals surface area contributed by atoms with Gasteiger partial charge in [-0.05, 0) is 51.9 Å². The van der Waals surface area contributed by atoms with Gasteiger partial charge in [0.1, 0.15) is 12.4 Å². The van der Waals surface area contributed by atoms with Crippen molar-refractivity contribution < 1.29 is 24.3 Å². The molecule has 7 heteroatoms. The third-order valence-electron chi connectivity index (χ3n) is 6.43. The van der Waals surface area contributed by atoms with Gasteiger partial charge in [0.15, 0.2) is 0 Å². The molecule has 0 unspecified atom stereocenters. The van der Waals surface area contributed by atoms with Gasteiger partial charge in [0.25, 0.3) is 5.91 Å². The summed E-state index contributed by atoms with van der Waals surface area (Å²) in [6.07, 6.45) is 2.23. The summed E-state index contributed by atoms with van der Waals surface area (Å²) in [5.41, 5.74) is 4.87. The first kappa shape index (κ1) is 29.1. The van der Waals surface area contributed by atoms with Crippen LogP contribution < -0.4 is 10.1 Å². The zero-order chi connectivity index (χ0) is 29.2. The van der Waals surface area contributed by atoms with Crippen LogP contribution in [0.25, 0.3) is 11.1 Å². The normalized spacial score (nSPS) is 11.3. The number of hydrogen-bond acceptors (Lipinski definition) is 5. The smallest absolute Gasteiger partial charge is 0.337 e. The molecule has 7 nitrogen and oxygen atoms in total. The predicted molar refractivity (Wildman–Crippen MR) is 162 cm³/mol. The molecule has 0 aliphatic heterocycles. The number of hydrogen-bond donors (Lipinski definition) is 2. The SMILES string of the molecule is CC(C)(C)c1ccc(C=NOCCCOc2ccc(C(=O)O)c(NC(=O)c3ccc(-c4ccccc4)cc3)c2)cc1. The lowest BCUT2D eigenvalue weighted by molar-refractivity contribution is 0.0698. The van der Waals surface area contributed by atoms with Crippen molar-refractivity contribution in [2.75, 3.05) is 18.5 Å². The minimum Gasteiger partial charge on any atom is -0.493 e. The number of nitrogens with zero attached hydrogens (tertiary/aromatic N) is 1. The van der Waals surface area contributed by atoms with Crippen molar-refractivity contribution in [3.8, 4) is 16.9 Å². The van der Waals surface area contributed by atoms with Crippen LogP contribution in [0.15, 0.2) is 102 Å². The Morgan fingerprint density at radius 1 is 0.854 bits per heavy atom. The van der Waals surface area contributed by atoms with Crippen LogP contribution >= 0.6 is 0 Å². The van der Waals surface area contributed by atoms with E-state index in [1.165, 1.54) is 17.7 Å². The van der Waals surface area contributed by atoms with Crippen LogP contribution in [0.4, 0.5) is 5.69 Å². The zero-order valence-electron chi connectivity index (χ0n) is 23.5. The van der Waals surface area contributed by atoms with E-state index in [9.17, 15) is 14.7 Å². The number of benzene rings is 4. The van der Waals surface area contributed by atoms with Crippen molar-refractivity contribution in [2.45, 2.75) is 32.6 Å². The highest BCUT2D eigenvalue weighted by atomic mass is 16.6. The number of carbonyl (C=O) groups is 2. The van der Waals surface area contributed by atoms with E-state index in [0.717, 1.165) is 16.7 Å². The van der Waals surface area contributed by atoms with Gasteiger partial charge in [0, 0.05) is 18.1 Å². The molecule has 4 rings (SSSR count). The molecule has 0 bridgehead atoms. The molecule has 0 radical (unpaired) electrons. The van der Waals surface area contributed by atoms with Crippen LogP contribution in [0.2, 0.25) is 0 Å². The first-order chi connectivity index (χ1) is 19.7. The first-order valence-electron chi connectivity index (χ1n) is 13.4. The maximum absolute atomic E-state index is 12.9. The number of carboxylic acid groups (broad SMARTS) is 1. The fraction of sp³-hybridized carbons (Fsp3) is 0.206. The summed E-state index contributed by atoms with van der Waals surface area (Å²) < 4.78 is 5.77. The number of rotatable bonds is 11. The molecule has 0 heterocycles. The molecular weight excluding hydrogens is 516 g/mol. The van der Waals surface area contributed by atoms with E-state index in [1.54, 1.807) is 24.4 Å². The molecule has 41 heavy (non-hydrogen) atoms. The largest absolute Gasteiger partial charge is 0.493 e. The van der Waals surface area contributed by atoms with Gasteiger partial charge in [-0.1, -0.05) is 92.7 Å². The number of oxime groups is 1. The molecule has 0 aliphatic carbocycles. The Hall–Kier alpha value is -4.91. The summed E-state index contributed by atoms with van der Waals surface area (Å²) in [5, 5.41) is 16.3. The Labute approximate surface area is 240 Å². The van der Waals surface area contributed by atoms with Crippen molar-refractivity contribution in [3.05, 3.63) is 119 Å². The van der Waals surface area contributed by atoms with Gasteiger partial charge in [-0.2, -0.15) is 0 Å². The van der Waals surface area contributed by atoms with Crippen LogP contribution in [0.1, 0.15) is 59.0 Å². The van der Waals surface area contributed by atoms with E-state index in [0.29, 0.717) is 30.9 Å². The van der Waals surface area contributed by atoms with Gasteiger partial charge in [0.2, 0.25) is 0 Å². The average molecular weight is 551 g/mol. The number of nitrogens with one attached hydrogen (secondary N) is 1. The van der Waals surface area contributed by atoms with E-state index < -0.39 is 11.9 Å². The summed E-state index contributed by atoms with van der Waals surface area (Å²) in [4.78, 5) is 30.0. The minimum absolute atomic E-state index is 0.0280. The van der Waals surface area contributed by atoms with E-state index >= 15 is 0 Å². The zero-order valence-corrected chi connectivity index (χ0v) is 23.5. The molecule has 0 aromatic heterocycles. The molecule has 0 atom stereocenters. The van der Waals surface area contributed by atoms with Gasteiger partial charge >= 0.3 is 5.97 Å². The third-order valence-corrected chi connectivity index (χ3v) is 6.43. The first-order valence-corrected chi connectivity index (χ1v) is 13.4. The number of aromatic carboxylic acids is 1. The van der Waals surface area contributed by atoms with Crippen LogP contribution in [0.3, 0.4) is 0 Å². The maximum atomic E-state index is 12.9. The highest BCUT2D eigenvalue weighted by Gasteiger charge is 2.15. The Kier molecular flexibility index (Phi) is 9.53. The number of carboxylic acids is 1. The molecule has 1 amide bonds. The van der Waals surface area contributed by atoms with Crippen molar-refractivity contribution in [1.29, 1.82) is 0 Å². The second kappa shape index (κ2) is 13.4. The summed E-state index contributed by atoms with van der Waals surface area (Å²) in [5.74, 6) is -1.12. The molecule has 4 aromatic rings. The van der Waals surface area contributed by atoms with Crippen molar-refractivity contribution in [3.63, 3.8) is 0 Å². The summed E-state index contributed by atoms with van der Waals surface area (Å²) >= 11 is 0. The molecule has 4 aromatic carbocycles. The lowest BCUT2D eigenvalue weighted by Gasteiger charge is -2.18. The van der Waals surface area contributed by atoms with Crippen molar-refractivity contribution in [1.82, 2.24) is 0 Å². The van der Waals surface area contributed by atoms with E-state index in [-0.39, 0.29) is 16.7 Å². The molecule has 0 spiro atoms. The second-order valence-electron chi connectivity index (χ2n) is 10.6. The van der Waals surface area contributed by atoms with Gasteiger partial charge < -0.3 is 20.0 Å². The fourth-order valence-corrected chi connectivity index (χ4v) is 4.08. The van der Waals surface area contributed by atoms with Crippen LogP contribution in [0, 0.1) is 0 Å². The van der Waals surface area contributed by atoms with Crippen LogP contribution in [-0.4, -0.2) is 36.4 Å². The second-order valence-corrected chi connectivity index (χ2v) is 10.6. The highest BCUT2D eigenvalue weighted by molar-refractivity contribution is 6.08. The predicted octanol–water partition coefficient (Wildman–Crippen LogP) is 7.42. The molecular formula is C34H34N2O5. The molecule has 0 aliphatic rings. The van der Waals surface area contributed by atoms with Gasteiger partial charge in [0.05, 0.1) is 24.1 Å². The van der Waals surface area contributed by atoms with Gasteiger partial charge in [-0.15, -0.1) is 0 Å². The minimum atomic E-state index is -1.15. The van der Waals surface area contributed by atoms with Crippen LogP contribution in [0.5, 0.6) is 5.75 Å². The molecule has 0 saturated carbocycles. The standard InChI is InChI=1S/C34H34N2O5/c1-34(2,3)28-16-10-24(11-17-28)23-35-41-21-7-20-40-29-18-19-30(33(38)39)31(22-29)36-32(37)27-14-12-26(13-15-27)25-8-5-4-6-9-25/h4-6,8-19,22-23H,7,20-21H2,1-3H3,(H,36,37)(H,38,39). The Morgan fingerprint density at radius 3 is 2.20 bits per heavy atom. The number of ether oxygens (including phenoxy) is 1. The molecule has 0 fully saturated rings. The maximum Gasteiger partial charge on any atom is 0.337 e. The average Bonchev–Trinajstić information content (AvgIpc) is 2.97. The van der Waals surface area contributed by atoms with Gasteiger partial charge in [-0.25, -0.2) is 4.79 Å². The fourth-order valence-electron chi connectivity index (χ4n) is 4.08. The Balaban J connectivity index is 1.28. The summed E-state index contributed by atoms with van der Waals surface area (Å²) in [6.45, 7) is 7.20. The molecule has 0 saturated heterocycles. The summed E-state index contributed by atoms with van der Waals surface area (Å²) in [6, 6.07) is 29.6. The van der Waals surface area contributed by atoms with E-state index in [4.69, 9.17) is 9.57 Å². The number of carbonyl (C=O) groups excluding carboxylic acids is 1. The Bertz CT molecular complexity index is 1490. The quantitative estimate of drug-likeness (QED) is 0.115. The van der Waals surface area contributed by atoms with Crippen molar-refractivity contribution >= 4 is 23.8 Å². The number of anilines is 1.